The summed E-state index contributed by atoms with van der Waals surface area (Å²) in [6, 6.07) is 6.37. The second-order valence-corrected chi connectivity index (χ2v) is 6.49. The van der Waals surface area contributed by atoms with Crippen LogP contribution in [0, 0.1) is 18.7 Å². The Kier molecular flexibility index (Phi) is 4.79. The summed E-state index contributed by atoms with van der Waals surface area (Å²) in [4.78, 5) is 25.9. The molecule has 136 valence electrons. The fraction of sp³-hybridized carbons (Fsp3) is 0.263. The highest BCUT2D eigenvalue weighted by Gasteiger charge is 2.25. The Morgan fingerprint density at radius 2 is 2.00 bits per heavy atom. The molecule has 0 spiro atoms. The Labute approximate surface area is 149 Å². The van der Waals surface area contributed by atoms with E-state index >= 15 is 0 Å². The van der Waals surface area contributed by atoms with E-state index in [0.29, 0.717) is 22.4 Å². The number of amides is 2. The monoisotopic (exact) mass is 357 g/mol. The number of pyridine rings is 1. The van der Waals surface area contributed by atoms with Gasteiger partial charge in [-0.25, -0.2) is 9.18 Å². The van der Waals surface area contributed by atoms with Crippen molar-refractivity contribution in [3.8, 4) is 0 Å². The third-order valence-corrected chi connectivity index (χ3v) is 4.21. The Bertz CT molecular complexity index is 986. The maximum absolute atomic E-state index is 13.5. The maximum atomic E-state index is 13.5. The van der Waals surface area contributed by atoms with Crippen molar-refractivity contribution in [3.05, 3.63) is 64.0 Å². The highest BCUT2D eigenvalue weighted by molar-refractivity contribution is 5.89. The van der Waals surface area contributed by atoms with Crippen LogP contribution in [-0.2, 0) is 0 Å². The number of hydrogen-bond acceptors (Lipinski definition) is 3. The van der Waals surface area contributed by atoms with E-state index in [9.17, 15) is 14.0 Å². The van der Waals surface area contributed by atoms with Gasteiger partial charge in [0, 0.05) is 23.2 Å². The summed E-state index contributed by atoms with van der Waals surface area (Å²) in [5.41, 5.74) is 1.59. The van der Waals surface area contributed by atoms with Crippen molar-refractivity contribution >= 4 is 22.7 Å². The SMILES string of the molecule is Cc1c([C@@H](NC(=O)Nc2ccc(=O)[nH]c2)C(C)C)oc2ccc(F)cc12. The van der Waals surface area contributed by atoms with Crippen molar-refractivity contribution in [1.82, 2.24) is 10.3 Å². The predicted molar refractivity (Wildman–Crippen MR) is 97.7 cm³/mol. The largest absolute Gasteiger partial charge is 0.459 e. The minimum Gasteiger partial charge on any atom is -0.459 e. The molecule has 3 N–H and O–H groups in total. The molecule has 0 aliphatic carbocycles. The average molecular weight is 357 g/mol. The molecule has 0 saturated carbocycles. The molecule has 0 aliphatic rings. The number of fused-ring (bicyclic) bond motifs is 1. The number of urea groups is 1. The lowest BCUT2D eigenvalue weighted by Gasteiger charge is -2.21. The van der Waals surface area contributed by atoms with Gasteiger partial charge in [0.2, 0.25) is 5.56 Å². The lowest BCUT2D eigenvalue weighted by Crippen LogP contribution is -2.35. The summed E-state index contributed by atoms with van der Waals surface area (Å²) in [7, 11) is 0. The van der Waals surface area contributed by atoms with Crippen LogP contribution in [0.4, 0.5) is 14.9 Å². The number of aryl methyl sites for hydroxylation is 1. The van der Waals surface area contributed by atoms with Crippen LogP contribution in [-0.4, -0.2) is 11.0 Å². The fourth-order valence-electron chi connectivity index (χ4n) is 2.84. The predicted octanol–water partition coefficient (Wildman–Crippen LogP) is 4.09. The van der Waals surface area contributed by atoms with Crippen LogP contribution in [0.5, 0.6) is 0 Å². The summed E-state index contributed by atoms with van der Waals surface area (Å²) in [5, 5.41) is 6.24. The molecule has 0 saturated heterocycles. The molecule has 7 heteroatoms. The molecule has 0 fully saturated rings. The van der Waals surface area contributed by atoms with Gasteiger partial charge in [-0.05, 0) is 37.1 Å². The summed E-state index contributed by atoms with van der Waals surface area (Å²) >= 11 is 0. The van der Waals surface area contributed by atoms with Crippen LogP contribution in [0.1, 0.15) is 31.2 Å². The first kappa shape index (κ1) is 17.7. The van der Waals surface area contributed by atoms with Gasteiger partial charge in [0.25, 0.3) is 0 Å². The molecule has 1 aromatic carbocycles. The Morgan fingerprint density at radius 1 is 1.23 bits per heavy atom. The van der Waals surface area contributed by atoms with Crippen molar-refractivity contribution in [2.45, 2.75) is 26.8 Å². The Morgan fingerprint density at radius 3 is 2.65 bits per heavy atom. The molecule has 6 nitrogen and oxygen atoms in total. The van der Waals surface area contributed by atoms with Crippen LogP contribution in [0.3, 0.4) is 0 Å². The van der Waals surface area contributed by atoms with E-state index in [4.69, 9.17) is 4.42 Å². The number of nitrogens with one attached hydrogen (secondary N) is 3. The van der Waals surface area contributed by atoms with E-state index in [2.05, 4.69) is 15.6 Å². The minimum absolute atomic E-state index is 0.0421. The van der Waals surface area contributed by atoms with Crippen LogP contribution in [0.25, 0.3) is 11.0 Å². The summed E-state index contributed by atoms with van der Waals surface area (Å²) in [5.74, 6) is 0.301. The zero-order valence-corrected chi connectivity index (χ0v) is 14.7. The van der Waals surface area contributed by atoms with E-state index in [-0.39, 0.29) is 17.3 Å². The van der Waals surface area contributed by atoms with Crippen LogP contribution < -0.4 is 16.2 Å². The van der Waals surface area contributed by atoms with E-state index < -0.39 is 12.1 Å². The number of hydrogen-bond donors (Lipinski definition) is 3. The van der Waals surface area contributed by atoms with Crippen molar-refractivity contribution < 1.29 is 13.6 Å². The zero-order chi connectivity index (χ0) is 18.8. The number of aromatic nitrogens is 1. The van der Waals surface area contributed by atoms with E-state index in [1.165, 1.54) is 30.5 Å². The third kappa shape index (κ3) is 3.61. The number of rotatable bonds is 4. The number of aromatic amines is 1. The summed E-state index contributed by atoms with van der Waals surface area (Å²) in [6.07, 6.45) is 1.42. The highest BCUT2D eigenvalue weighted by atomic mass is 19.1. The van der Waals surface area contributed by atoms with Crippen LogP contribution in [0.2, 0.25) is 0 Å². The molecule has 0 unspecified atom stereocenters. The van der Waals surface area contributed by atoms with Gasteiger partial charge in [-0.2, -0.15) is 0 Å². The first-order valence-electron chi connectivity index (χ1n) is 8.30. The molecular formula is C19H20FN3O3. The molecule has 0 aliphatic heterocycles. The highest BCUT2D eigenvalue weighted by Crippen LogP contribution is 2.33. The molecule has 2 heterocycles. The standard InChI is InChI=1S/C19H20FN3O3/c1-10(2)17(23-19(25)22-13-5-7-16(24)21-9-13)18-11(3)14-8-12(20)4-6-15(14)26-18/h4-10,17H,1-3H3,(H,21,24)(H2,22,23,25)/t17-/m0/s1. The number of carbonyl (C=O) groups is 1. The quantitative estimate of drug-likeness (QED) is 0.657. The number of halogens is 1. The fourth-order valence-corrected chi connectivity index (χ4v) is 2.84. The van der Waals surface area contributed by atoms with Crippen molar-refractivity contribution in [2.75, 3.05) is 5.32 Å². The normalized spacial score (nSPS) is 12.3. The van der Waals surface area contributed by atoms with Gasteiger partial charge in [-0.3, -0.25) is 4.79 Å². The molecule has 0 radical (unpaired) electrons. The summed E-state index contributed by atoms with van der Waals surface area (Å²) in [6.45, 7) is 5.76. The summed E-state index contributed by atoms with van der Waals surface area (Å²) < 4.78 is 19.4. The molecule has 2 aromatic heterocycles. The maximum Gasteiger partial charge on any atom is 0.319 e. The first-order chi connectivity index (χ1) is 12.3. The first-order valence-corrected chi connectivity index (χ1v) is 8.30. The number of anilines is 1. The lowest BCUT2D eigenvalue weighted by molar-refractivity contribution is 0.241. The second-order valence-electron chi connectivity index (χ2n) is 6.49. The molecule has 0 bridgehead atoms. The topological polar surface area (TPSA) is 87.1 Å². The minimum atomic E-state index is -0.429. The number of H-pyrrole nitrogens is 1. The van der Waals surface area contributed by atoms with Gasteiger partial charge in [-0.1, -0.05) is 13.8 Å². The molecule has 3 aromatic rings. The molecular weight excluding hydrogens is 337 g/mol. The third-order valence-electron chi connectivity index (χ3n) is 4.21. The number of benzene rings is 1. The van der Waals surface area contributed by atoms with Crippen LogP contribution in [0.15, 0.2) is 45.7 Å². The van der Waals surface area contributed by atoms with Gasteiger partial charge in [0.05, 0.1) is 11.7 Å². The van der Waals surface area contributed by atoms with Gasteiger partial charge in [-0.15, -0.1) is 0 Å². The van der Waals surface area contributed by atoms with Crippen molar-refractivity contribution in [1.29, 1.82) is 0 Å². The average Bonchev–Trinajstić information content (AvgIpc) is 2.91. The van der Waals surface area contributed by atoms with E-state index in [0.717, 1.165) is 5.56 Å². The van der Waals surface area contributed by atoms with Gasteiger partial charge in [0.15, 0.2) is 0 Å². The molecule has 26 heavy (non-hydrogen) atoms. The zero-order valence-electron chi connectivity index (χ0n) is 14.7. The van der Waals surface area contributed by atoms with Crippen molar-refractivity contribution in [3.63, 3.8) is 0 Å². The number of furan rings is 1. The smallest absolute Gasteiger partial charge is 0.319 e. The van der Waals surface area contributed by atoms with Gasteiger partial charge < -0.3 is 20.0 Å². The lowest BCUT2D eigenvalue weighted by atomic mass is 9.98. The number of carbonyl (C=O) groups excluding carboxylic acids is 1. The van der Waals surface area contributed by atoms with Crippen LogP contribution >= 0.6 is 0 Å². The van der Waals surface area contributed by atoms with Gasteiger partial charge in [0.1, 0.15) is 17.2 Å². The Balaban J connectivity index is 1.85. The molecule has 1 atom stereocenters. The van der Waals surface area contributed by atoms with Crippen molar-refractivity contribution in [2.24, 2.45) is 5.92 Å². The molecule has 3 rings (SSSR count). The van der Waals surface area contributed by atoms with E-state index in [1.807, 2.05) is 20.8 Å². The molecule has 2 amide bonds. The Hall–Kier alpha value is -3.09. The van der Waals surface area contributed by atoms with E-state index in [1.54, 1.807) is 6.07 Å². The van der Waals surface area contributed by atoms with Gasteiger partial charge >= 0.3 is 6.03 Å². The second kappa shape index (κ2) is 7.03.